The average molecular weight is 717 g/mol. The number of nitrogens with one attached hydrogen (secondary N) is 1. The van der Waals surface area contributed by atoms with Crippen LogP contribution < -0.4 is 11.1 Å². The molecule has 290 valence electrons. The van der Waals surface area contributed by atoms with E-state index in [0.717, 1.165) is 32.1 Å². The van der Waals surface area contributed by atoms with Crippen molar-refractivity contribution in [2.24, 2.45) is 5.73 Å². The fraction of sp³-hybridized carbons (Fsp3) is 0.872. The van der Waals surface area contributed by atoms with Gasteiger partial charge in [-0.1, -0.05) is 167 Å². The van der Waals surface area contributed by atoms with Crippen molar-refractivity contribution >= 4 is 13.7 Å². The molecule has 0 aliphatic rings. The maximum atomic E-state index is 12.7. The van der Waals surface area contributed by atoms with Crippen LogP contribution in [0.4, 0.5) is 0 Å². The molecule has 0 heterocycles. The third-order valence-electron chi connectivity index (χ3n) is 8.83. The molecule has 9 nitrogen and oxygen atoms in total. The molecule has 0 aromatic rings. The number of carbonyl (C=O) groups is 1. The first kappa shape index (κ1) is 47.9. The van der Waals surface area contributed by atoms with Crippen molar-refractivity contribution in [2.75, 3.05) is 19.8 Å². The van der Waals surface area contributed by atoms with E-state index in [1.54, 1.807) is 6.08 Å². The summed E-state index contributed by atoms with van der Waals surface area (Å²) in [6, 6.07) is -0.993. The summed E-state index contributed by atoms with van der Waals surface area (Å²) < 4.78 is 21.9. The number of unbranched alkanes of at least 4 members (excludes halogenated alkanes) is 21. The van der Waals surface area contributed by atoms with Gasteiger partial charge in [-0.25, -0.2) is 4.57 Å². The predicted octanol–water partition coefficient (Wildman–Crippen LogP) is 9.58. The van der Waals surface area contributed by atoms with E-state index in [1.807, 2.05) is 6.08 Å². The first-order valence-electron chi connectivity index (χ1n) is 20.0. The molecule has 6 N–H and O–H groups in total. The van der Waals surface area contributed by atoms with Crippen molar-refractivity contribution < 1.29 is 33.5 Å². The molecule has 0 radical (unpaired) electrons. The smallest absolute Gasteiger partial charge is 0.393 e. The van der Waals surface area contributed by atoms with Crippen LogP contribution >= 0.6 is 7.82 Å². The summed E-state index contributed by atoms with van der Waals surface area (Å²) in [6.45, 7) is 3.91. The van der Waals surface area contributed by atoms with Crippen LogP contribution in [0, 0.1) is 0 Å². The lowest BCUT2D eigenvalue weighted by molar-refractivity contribution is -0.124. The molecule has 0 aromatic heterocycles. The molecule has 0 aromatic carbocycles. The number of aliphatic hydroxyl groups excluding tert-OH is 2. The SMILES string of the molecule is CCCCCC/C=C/CC/C=C/C(O)C(COP(=O)(O)OCCN)NC(=O)CC(O)CCCCCCCCCCCCCCCCCCC. The van der Waals surface area contributed by atoms with Crippen LogP contribution in [0.2, 0.25) is 0 Å². The maximum absolute atomic E-state index is 12.7. The van der Waals surface area contributed by atoms with E-state index in [0.29, 0.717) is 12.8 Å². The van der Waals surface area contributed by atoms with Crippen LogP contribution in [0.25, 0.3) is 0 Å². The van der Waals surface area contributed by atoms with Gasteiger partial charge in [0.1, 0.15) is 0 Å². The van der Waals surface area contributed by atoms with Gasteiger partial charge in [-0.2, -0.15) is 0 Å². The quantitative estimate of drug-likeness (QED) is 0.0242. The lowest BCUT2D eigenvalue weighted by Crippen LogP contribution is -2.46. The fourth-order valence-electron chi connectivity index (χ4n) is 5.78. The van der Waals surface area contributed by atoms with Crippen molar-refractivity contribution in [1.82, 2.24) is 5.32 Å². The van der Waals surface area contributed by atoms with Crippen molar-refractivity contribution in [3.63, 3.8) is 0 Å². The van der Waals surface area contributed by atoms with Crippen molar-refractivity contribution in [3.05, 3.63) is 24.3 Å². The predicted molar refractivity (Wildman–Crippen MR) is 204 cm³/mol. The van der Waals surface area contributed by atoms with Gasteiger partial charge >= 0.3 is 7.82 Å². The van der Waals surface area contributed by atoms with Crippen LogP contribution in [0.15, 0.2) is 24.3 Å². The Hall–Kier alpha value is -1.06. The first-order chi connectivity index (χ1) is 23.8. The highest BCUT2D eigenvalue weighted by atomic mass is 31.2. The minimum Gasteiger partial charge on any atom is -0.393 e. The minimum absolute atomic E-state index is 0.0456. The second kappa shape index (κ2) is 35.3. The lowest BCUT2D eigenvalue weighted by atomic mass is 10.0. The van der Waals surface area contributed by atoms with E-state index in [-0.39, 0.29) is 19.6 Å². The van der Waals surface area contributed by atoms with Crippen LogP contribution in [-0.4, -0.2) is 59.0 Å². The maximum Gasteiger partial charge on any atom is 0.472 e. The summed E-state index contributed by atoms with van der Waals surface area (Å²) in [5.41, 5.74) is 5.34. The third-order valence-corrected chi connectivity index (χ3v) is 9.82. The van der Waals surface area contributed by atoms with E-state index in [9.17, 15) is 24.5 Å². The number of hydrogen-bond donors (Lipinski definition) is 5. The molecule has 0 rings (SSSR count). The van der Waals surface area contributed by atoms with Crippen molar-refractivity contribution in [2.45, 2.75) is 199 Å². The Morgan fingerprint density at radius 2 is 1.16 bits per heavy atom. The largest absolute Gasteiger partial charge is 0.472 e. The van der Waals surface area contributed by atoms with Gasteiger partial charge in [0.15, 0.2) is 0 Å². The van der Waals surface area contributed by atoms with Crippen molar-refractivity contribution in [3.8, 4) is 0 Å². The van der Waals surface area contributed by atoms with Crippen LogP contribution in [0.1, 0.15) is 181 Å². The fourth-order valence-corrected chi connectivity index (χ4v) is 6.54. The normalized spacial score (nSPS) is 15.1. The molecule has 0 spiro atoms. The average Bonchev–Trinajstić information content (AvgIpc) is 3.07. The number of carbonyl (C=O) groups excluding carboxylic acids is 1. The van der Waals surface area contributed by atoms with E-state index in [4.69, 9.17) is 14.8 Å². The van der Waals surface area contributed by atoms with E-state index < -0.39 is 38.6 Å². The summed E-state index contributed by atoms with van der Waals surface area (Å²) in [7, 11) is -4.40. The number of hydrogen-bond acceptors (Lipinski definition) is 7. The molecule has 0 saturated heterocycles. The Bertz CT molecular complexity index is 842. The van der Waals surface area contributed by atoms with Crippen LogP contribution in [0.5, 0.6) is 0 Å². The second-order valence-corrected chi connectivity index (χ2v) is 15.1. The summed E-state index contributed by atoms with van der Waals surface area (Å²) in [5.74, 6) is -0.456. The van der Waals surface area contributed by atoms with Crippen molar-refractivity contribution in [1.29, 1.82) is 0 Å². The molecule has 49 heavy (non-hydrogen) atoms. The number of amides is 1. The zero-order valence-electron chi connectivity index (χ0n) is 31.5. The summed E-state index contributed by atoms with van der Waals surface area (Å²) in [6.07, 6.45) is 35.6. The first-order valence-corrected chi connectivity index (χ1v) is 21.5. The minimum atomic E-state index is -4.40. The molecular weight excluding hydrogens is 639 g/mol. The Labute approximate surface area is 300 Å². The number of phosphoric ester groups is 1. The number of aliphatic hydroxyl groups is 2. The Morgan fingerprint density at radius 3 is 1.69 bits per heavy atom. The highest BCUT2D eigenvalue weighted by molar-refractivity contribution is 7.47. The summed E-state index contributed by atoms with van der Waals surface area (Å²) in [5, 5.41) is 23.9. The topological polar surface area (TPSA) is 151 Å². The number of nitrogens with two attached hydrogens (primary N) is 1. The Morgan fingerprint density at radius 1 is 0.694 bits per heavy atom. The molecule has 4 atom stereocenters. The highest BCUT2D eigenvalue weighted by Crippen LogP contribution is 2.43. The van der Waals surface area contributed by atoms with Gasteiger partial charge in [-0.3, -0.25) is 13.8 Å². The lowest BCUT2D eigenvalue weighted by Gasteiger charge is -2.24. The standard InChI is InChI=1S/C39H77N2O7P/c1-3-5-7-9-11-13-15-16-17-18-19-20-21-22-24-26-28-30-36(42)34-39(44)41-37(35-48-49(45,46)47-33-32-40)38(43)31-29-27-25-23-14-12-10-8-6-4-2/h14,23,29,31,36-38,42-43H,3-13,15-22,24-28,30,32-35,40H2,1-2H3,(H,41,44)(H,45,46)/b23-14+,31-29+. The number of rotatable bonds is 37. The van der Waals surface area contributed by atoms with Crippen LogP contribution in [0.3, 0.4) is 0 Å². The molecule has 0 fully saturated rings. The molecule has 0 saturated carbocycles. The van der Waals surface area contributed by atoms with E-state index in [2.05, 4.69) is 31.3 Å². The van der Waals surface area contributed by atoms with Gasteiger partial charge in [-0.05, 0) is 32.1 Å². The number of phosphoric acid groups is 1. The molecule has 0 bridgehead atoms. The molecule has 0 aliphatic heterocycles. The highest BCUT2D eigenvalue weighted by Gasteiger charge is 2.27. The zero-order valence-corrected chi connectivity index (χ0v) is 32.4. The Balaban J connectivity index is 4.30. The molecule has 4 unspecified atom stereocenters. The van der Waals surface area contributed by atoms with Gasteiger partial charge in [0.2, 0.25) is 5.91 Å². The van der Waals surface area contributed by atoms with Gasteiger partial charge < -0.3 is 26.2 Å². The Kier molecular flexibility index (Phi) is 34.6. The molecule has 10 heteroatoms. The van der Waals surface area contributed by atoms with Gasteiger partial charge in [0.05, 0.1) is 37.9 Å². The van der Waals surface area contributed by atoms with Crippen LogP contribution in [-0.2, 0) is 18.4 Å². The van der Waals surface area contributed by atoms with Gasteiger partial charge in [0.25, 0.3) is 0 Å². The second-order valence-electron chi connectivity index (χ2n) is 13.7. The molecular formula is C39H77N2O7P. The molecule has 0 aliphatic carbocycles. The third kappa shape index (κ3) is 33.8. The zero-order chi connectivity index (χ0) is 36.3. The van der Waals surface area contributed by atoms with Gasteiger partial charge in [0, 0.05) is 6.54 Å². The van der Waals surface area contributed by atoms with Gasteiger partial charge in [-0.15, -0.1) is 0 Å². The summed E-state index contributed by atoms with van der Waals surface area (Å²) in [4.78, 5) is 22.6. The molecule has 1 amide bonds. The summed E-state index contributed by atoms with van der Waals surface area (Å²) >= 11 is 0. The monoisotopic (exact) mass is 717 g/mol. The number of allylic oxidation sites excluding steroid dienone is 3. The van der Waals surface area contributed by atoms with E-state index in [1.165, 1.54) is 116 Å². The van der Waals surface area contributed by atoms with E-state index >= 15 is 0 Å².